The van der Waals surface area contributed by atoms with Crippen LogP contribution in [0.4, 0.5) is 0 Å². The van der Waals surface area contributed by atoms with E-state index in [4.69, 9.17) is 9.47 Å². The predicted octanol–water partition coefficient (Wildman–Crippen LogP) is 3.30. The number of benzene rings is 1. The number of rotatable bonds is 7. The fourth-order valence-corrected chi connectivity index (χ4v) is 4.25. The Labute approximate surface area is 193 Å². The van der Waals surface area contributed by atoms with Gasteiger partial charge in [0.2, 0.25) is 5.91 Å². The number of hydrogen-bond acceptors (Lipinski definition) is 5. The molecule has 8 heteroatoms. The molecule has 1 aliphatic heterocycles. The highest BCUT2D eigenvalue weighted by Crippen LogP contribution is 2.29. The summed E-state index contributed by atoms with van der Waals surface area (Å²) < 4.78 is 10.8. The molecule has 2 N–H and O–H groups in total. The van der Waals surface area contributed by atoms with Gasteiger partial charge in [0.15, 0.2) is 0 Å². The number of H-pyrrole nitrogens is 1. The Morgan fingerprint density at radius 1 is 1.21 bits per heavy atom. The average Bonchev–Trinajstić information content (AvgIpc) is 3.29. The number of nitrogens with zero attached hydrogens (tertiary/aromatic N) is 2. The first-order valence-corrected chi connectivity index (χ1v) is 11.2. The molecule has 3 aromatic rings. The molecule has 0 bridgehead atoms. The zero-order chi connectivity index (χ0) is 23.4. The summed E-state index contributed by atoms with van der Waals surface area (Å²) in [5.41, 5.74) is 4.07. The highest BCUT2D eigenvalue weighted by molar-refractivity contribution is 6.00. The van der Waals surface area contributed by atoms with Crippen LogP contribution < -0.4 is 10.1 Å². The van der Waals surface area contributed by atoms with E-state index in [-0.39, 0.29) is 11.8 Å². The van der Waals surface area contributed by atoms with E-state index in [0.29, 0.717) is 50.6 Å². The zero-order valence-electron chi connectivity index (χ0n) is 19.3. The maximum Gasteiger partial charge on any atom is 0.268 e. The van der Waals surface area contributed by atoms with Crippen molar-refractivity contribution >= 4 is 22.7 Å². The molecule has 2 aromatic heterocycles. The van der Waals surface area contributed by atoms with Crippen LogP contribution in [0, 0.1) is 13.8 Å². The summed E-state index contributed by atoms with van der Waals surface area (Å²) in [5.74, 6) is 0.526. The SMILES string of the molecule is COc1ccc(C)c2[nH]c(C(=O)NC(CCC(=O)N3CCOCC3)c3ncccc3C)cc12. The normalized spacial score (nSPS) is 14.8. The largest absolute Gasteiger partial charge is 0.496 e. The molecule has 0 saturated carbocycles. The maximum atomic E-state index is 13.2. The van der Waals surface area contributed by atoms with Gasteiger partial charge in [-0.2, -0.15) is 0 Å². The lowest BCUT2D eigenvalue weighted by Crippen LogP contribution is -2.41. The van der Waals surface area contributed by atoms with Gasteiger partial charge in [0.1, 0.15) is 11.4 Å². The van der Waals surface area contributed by atoms with Gasteiger partial charge in [-0.1, -0.05) is 12.1 Å². The fourth-order valence-electron chi connectivity index (χ4n) is 4.25. The third-order valence-electron chi connectivity index (χ3n) is 6.12. The summed E-state index contributed by atoms with van der Waals surface area (Å²) in [4.78, 5) is 35.5. The molecule has 33 heavy (non-hydrogen) atoms. The van der Waals surface area contributed by atoms with Gasteiger partial charge in [0.25, 0.3) is 5.91 Å². The van der Waals surface area contributed by atoms with Gasteiger partial charge in [-0.05, 0) is 49.6 Å². The monoisotopic (exact) mass is 450 g/mol. The summed E-state index contributed by atoms with van der Waals surface area (Å²) in [6.07, 6.45) is 2.49. The van der Waals surface area contributed by atoms with E-state index in [9.17, 15) is 9.59 Å². The molecule has 1 aliphatic rings. The Hall–Kier alpha value is -3.39. The van der Waals surface area contributed by atoms with Crippen LogP contribution in [0.1, 0.15) is 46.2 Å². The highest BCUT2D eigenvalue weighted by atomic mass is 16.5. The van der Waals surface area contributed by atoms with Crippen molar-refractivity contribution in [3.63, 3.8) is 0 Å². The number of aryl methyl sites for hydroxylation is 2. The zero-order valence-corrected chi connectivity index (χ0v) is 19.3. The first kappa shape index (κ1) is 22.8. The Morgan fingerprint density at radius 3 is 2.73 bits per heavy atom. The lowest BCUT2D eigenvalue weighted by molar-refractivity contribution is -0.135. The quantitative estimate of drug-likeness (QED) is 0.576. The number of methoxy groups -OCH3 is 1. The van der Waals surface area contributed by atoms with Gasteiger partial charge in [0.05, 0.1) is 37.6 Å². The van der Waals surface area contributed by atoms with Crippen molar-refractivity contribution in [2.24, 2.45) is 0 Å². The summed E-state index contributed by atoms with van der Waals surface area (Å²) in [7, 11) is 1.61. The molecule has 1 aromatic carbocycles. The topological polar surface area (TPSA) is 96.5 Å². The van der Waals surface area contributed by atoms with E-state index in [1.165, 1.54) is 0 Å². The molecular weight excluding hydrogens is 420 g/mol. The molecule has 1 fully saturated rings. The van der Waals surface area contributed by atoms with Crippen LogP contribution in [0.25, 0.3) is 10.9 Å². The molecule has 0 spiro atoms. The van der Waals surface area contributed by atoms with E-state index in [2.05, 4.69) is 15.3 Å². The molecule has 0 aliphatic carbocycles. The smallest absolute Gasteiger partial charge is 0.268 e. The molecule has 8 nitrogen and oxygen atoms in total. The molecular formula is C25H30N4O4. The van der Waals surface area contributed by atoms with Crippen LogP contribution in [0.3, 0.4) is 0 Å². The van der Waals surface area contributed by atoms with Crippen molar-refractivity contribution in [3.05, 3.63) is 59.0 Å². The number of aromatic nitrogens is 2. The van der Waals surface area contributed by atoms with Gasteiger partial charge in [-0.25, -0.2) is 0 Å². The van der Waals surface area contributed by atoms with E-state index in [0.717, 1.165) is 27.7 Å². The van der Waals surface area contributed by atoms with Crippen molar-refractivity contribution in [2.45, 2.75) is 32.7 Å². The van der Waals surface area contributed by atoms with Crippen LogP contribution >= 0.6 is 0 Å². The Morgan fingerprint density at radius 2 is 2.00 bits per heavy atom. The minimum absolute atomic E-state index is 0.0668. The molecule has 1 unspecified atom stereocenters. The van der Waals surface area contributed by atoms with Gasteiger partial charge in [0, 0.05) is 31.1 Å². The van der Waals surface area contributed by atoms with Gasteiger partial charge >= 0.3 is 0 Å². The first-order chi connectivity index (χ1) is 16.0. The number of amides is 2. The number of hydrogen-bond donors (Lipinski definition) is 2. The summed E-state index contributed by atoms with van der Waals surface area (Å²) >= 11 is 0. The van der Waals surface area contributed by atoms with Crippen molar-refractivity contribution < 1.29 is 19.1 Å². The van der Waals surface area contributed by atoms with E-state index >= 15 is 0 Å². The number of carbonyl (C=O) groups is 2. The van der Waals surface area contributed by atoms with Crippen LogP contribution in [-0.4, -0.2) is 60.1 Å². The second-order valence-electron chi connectivity index (χ2n) is 8.32. The number of pyridine rings is 1. The first-order valence-electron chi connectivity index (χ1n) is 11.2. The Bertz CT molecular complexity index is 1150. The molecule has 3 heterocycles. The summed E-state index contributed by atoms with van der Waals surface area (Å²) in [6, 6.07) is 9.09. The summed E-state index contributed by atoms with van der Waals surface area (Å²) in [6.45, 7) is 6.28. The average molecular weight is 451 g/mol. The van der Waals surface area contributed by atoms with Crippen LogP contribution in [-0.2, 0) is 9.53 Å². The minimum atomic E-state index is -0.391. The molecule has 2 amide bonds. The second kappa shape index (κ2) is 10.0. The standard InChI is InChI=1S/C25H30N4O4/c1-16-5-4-10-26-24(16)19(7-9-22(30)29-11-13-33-14-12-29)28-25(31)20-15-18-21(32-3)8-6-17(2)23(18)27-20/h4-6,8,10,15,19,27H,7,9,11-14H2,1-3H3,(H,28,31). The molecule has 174 valence electrons. The third-order valence-corrected chi connectivity index (χ3v) is 6.12. The Kier molecular flexibility index (Phi) is 6.93. The third kappa shape index (κ3) is 5.01. The van der Waals surface area contributed by atoms with Gasteiger partial charge in [-0.15, -0.1) is 0 Å². The van der Waals surface area contributed by atoms with Crippen LogP contribution in [0.15, 0.2) is 36.5 Å². The second-order valence-corrected chi connectivity index (χ2v) is 8.32. The van der Waals surface area contributed by atoms with E-state index in [1.54, 1.807) is 19.4 Å². The van der Waals surface area contributed by atoms with Gasteiger partial charge in [-0.3, -0.25) is 14.6 Å². The lowest BCUT2D eigenvalue weighted by Gasteiger charge is -2.27. The molecule has 0 radical (unpaired) electrons. The van der Waals surface area contributed by atoms with Crippen molar-refractivity contribution in [3.8, 4) is 5.75 Å². The van der Waals surface area contributed by atoms with Crippen molar-refractivity contribution in [1.29, 1.82) is 0 Å². The minimum Gasteiger partial charge on any atom is -0.496 e. The highest BCUT2D eigenvalue weighted by Gasteiger charge is 2.24. The van der Waals surface area contributed by atoms with Crippen molar-refractivity contribution in [1.82, 2.24) is 20.2 Å². The van der Waals surface area contributed by atoms with Crippen molar-refractivity contribution in [2.75, 3.05) is 33.4 Å². The van der Waals surface area contributed by atoms with Crippen LogP contribution in [0.2, 0.25) is 0 Å². The number of carbonyl (C=O) groups excluding carboxylic acids is 2. The number of nitrogens with one attached hydrogen (secondary N) is 2. The van der Waals surface area contributed by atoms with E-state index < -0.39 is 6.04 Å². The lowest BCUT2D eigenvalue weighted by atomic mass is 10.0. The molecule has 1 saturated heterocycles. The Balaban J connectivity index is 1.55. The van der Waals surface area contributed by atoms with Crippen LogP contribution in [0.5, 0.6) is 5.75 Å². The predicted molar refractivity (Wildman–Crippen MR) is 125 cm³/mol. The summed E-state index contributed by atoms with van der Waals surface area (Å²) in [5, 5.41) is 3.95. The van der Waals surface area contributed by atoms with E-state index in [1.807, 2.05) is 43.0 Å². The number of ether oxygens (including phenoxy) is 2. The molecule has 1 atom stereocenters. The number of aromatic amines is 1. The molecule has 4 rings (SSSR count). The van der Waals surface area contributed by atoms with Gasteiger partial charge < -0.3 is 24.7 Å². The number of morpholine rings is 1. The fraction of sp³-hybridized carbons (Fsp3) is 0.400. The number of fused-ring (bicyclic) bond motifs is 1. The maximum absolute atomic E-state index is 13.2.